The monoisotopic (exact) mass is 453 g/mol. The number of carbonyl (C=O) groups excluding carboxylic acids is 3. The molecule has 0 radical (unpaired) electrons. The van der Waals surface area contributed by atoms with E-state index in [9.17, 15) is 14.4 Å². The van der Waals surface area contributed by atoms with Crippen LogP contribution in [-0.2, 0) is 6.54 Å². The Balaban J connectivity index is 1.26. The van der Waals surface area contributed by atoms with Crippen molar-refractivity contribution in [3.63, 3.8) is 0 Å². The van der Waals surface area contributed by atoms with Crippen molar-refractivity contribution in [3.8, 4) is 0 Å². The fourth-order valence-electron chi connectivity index (χ4n) is 4.78. The van der Waals surface area contributed by atoms with E-state index in [-0.39, 0.29) is 24.3 Å². The molecule has 0 spiro atoms. The van der Waals surface area contributed by atoms with E-state index in [1.165, 1.54) is 21.7 Å². The van der Waals surface area contributed by atoms with Crippen LogP contribution in [0.2, 0.25) is 0 Å². The molecule has 6 heteroatoms. The molecule has 3 amide bonds. The molecule has 0 aromatic heterocycles. The third kappa shape index (κ3) is 3.85. The molecule has 0 saturated carbocycles. The molecule has 0 unspecified atom stereocenters. The van der Waals surface area contributed by atoms with Gasteiger partial charge in [0.25, 0.3) is 17.7 Å². The lowest BCUT2D eigenvalue weighted by Crippen LogP contribution is -2.49. The third-order valence-corrected chi connectivity index (χ3v) is 6.88. The summed E-state index contributed by atoms with van der Waals surface area (Å²) in [6.45, 7) is 7.27. The van der Waals surface area contributed by atoms with Crippen LogP contribution < -0.4 is 4.90 Å². The van der Waals surface area contributed by atoms with Crippen LogP contribution in [0.25, 0.3) is 0 Å². The molecule has 6 nitrogen and oxygen atoms in total. The van der Waals surface area contributed by atoms with Crippen LogP contribution >= 0.6 is 0 Å². The zero-order valence-corrected chi connectivity index (χ0v) is 19.5. The normalized spacial score (nSPS) is 15.6. The Bertz CT molecular complexity index is 1260. The van der Waals surface area contributed by atoms with Gasteiger partial charge in [-0.2, -0.15) is 0 Å². The molecule has 0 N–H and O–H groups in total. The number of amides is 3. The van der Waals surface area contributed by atoms with Gasteiger partial charge in [-0.1, -0.05) is 36.4 Å². The minimum atomic E-state index is -0.292. The number of benzene rings is 3. The van der Waals surface area contributed by atoms with Crippen LogP contribution in [0.1, 0.15) is 47.8 Å². The van der Waals surface area contributed by atoms with Gasteiger partial charge >= 0.3 is 0 Å². The Morgan fingerprint density at radius 1 is 0.794 bits per heavy atom. The predicted molar refractivity (Wildman–Crippen MR) is 131 cm³/mol. The van der Waals surface area contributed by atoms with Gasteiger partial charge in [0.15, 0.2) is 0 Å². The Labute approximate surface area is 199 Å². The molecule has 0 bridgehead atoms. The van der Waals surface area contributed by atoms with Crippen molar-refractivity contribution in [2.75, 3.05) is 31.1 Å². The largest absolute Gasteiger partial charge is 0.368 e. The van der Waals surface area contributed by atoms with Gasteiger partial charge in [-0.3, -0.25) is 19.3 Å². The van der Waals surface area contributed by atoms with Crippen molar-refractivity contribution in [1.29, 1.82) is 0 Å². The van der Waals surface area contributed by atoms with Crippen LogP contribution in [0.15, 0.2) is 66.7 Å². The first-order valence-corrected chi connectivity index (χ1v) is 11.6. The summed E-state index contributed by atoms with van der Waals surface area (Å²) in [5.41, 5.74) is 5.98. The highest BCUT2D eigenvalue weighted by Crippen LogP contribution is 2.26. The van der Waals surface area contributed by atoms with E-state index in [0.29, 0.717) is 29.8 Å². The zero-order chi connectivity index (χ0) is 23.8. The first-order valence-electron chi connectivity index (χ1n) is 11.6. The van der Waals surface area contributed by atoms with Gasteiger partial charge in [0.1, 0.15) is 0 Å². The second kappa shape index (κ2) is 8.78. The first kappa shape index (κ1) is 21.9. The summed E-state index contributed by atoms with van der Waals surface area (Å²) in [5, 5.41) is 0. The van der Waals surface area contributed by atoms with Crippen molar-refractivity contribution >= 4 is 23.4 Å². The molecule has 3 aromatic carbocycles. The average Bonchev–Trinajstić information content (AvgIpc) is 3.10. The van der Waals surface area contributed by atoms with E-state index in [0.717, 1.165) is 18.7 Å². The summed E-state index contributed by atoms with van der Waals surface area (Å²) >= 11 is 0. The molecule has 2 heterocycles. The highest BCUT2D eigenvalue weighted by Gasteiger charge is 2.35. The molecule has 172 valence electrons. The van der Waals surface area contributed by atoms with Crippen LogP contribution in [0.3, 0.4) is 0 Å². The molecule has 5 rings (SSSR count). The van der Waals surface area contributed by atoms with Gasteiger partial charge < -0.3 is 9.80 Å². The van der Waals surface area contributed by atoms with Crippen LogP contribution in [0.5, 0.6) is 0 Å². The number of hydrogen-bond acceptors (Lipinski definition) is 4. The number of carbonyl (C=O) groups is 3. The summed E-state index contributed by atoms with van der Waals surface area (Å²) < 4.78 is 0. The Kier molecular flexibility index (Phi) is 5.65. The fraction of sp³-hybridized carbons (Fsp3) is 0.250. The lowest BCUT2D eigenvalue weighted by Gasteiger charge is -2.37. The van der Waals surface area contributed by atoms with E-state index in [1.54, 1.807) is 36.4 Å². The highest BCUT2D eigenvalue weighted by molar-refractivity contribution is 6.21. The van der Waals surface area contributed by atoms with Gasteiger partial charge in [0.05, 0.1) is 17.7 Å². The number of imide groups is 1. The standard InChI is InChI=1S/C28H27N3O3/c1-19-7-5-12-25(20(19)2)29-13-15-30(16-14-29)26(32)22-9-6-8-21(17-22)18-31-27(33)23-10-3-4-11-24(23)28(31)34/h3-12,17H,13-16,18H2,1-2H3. The molecule has 3 aromatic rings. The average molecular weight is 454 g/mol. The van der Waals surface area contributed by atoms with Gasteiger partial charge in [0, 0.05) is 37.4 Å². The maximum Gasteiger partial charge on any atom is 0.261 e. The second-order valence-electron chi connectivity index (χ2n) is 8.94. The molecule has 34 heavy (non-hydrogen) atoms. The summed E-state index contributed by atoms with van der Waals surface area (Å²) in [4.78, 5) is 44.1. The molecule has 2 aliphatic rings. The maximum atomic E-state index is 13.2. The number of rotatable bonds is 4. The lowest BCUT2D eigenvalue weighted by atomic mass is 10.1. The van der Waals surface area contributed by atoms with Crippen LogP contribution in [-0.4, -0.2) is 53.7 Å². The van der Waals surface area contributed by atoms with E-state index < -0.39 is 0 Å². The summed E-state index contributed by atoms with van der Waals surface area (Å²) in [7, 11) is 0. The molecular weight excluding hydrogens is 426 g/mol. The fourth-order valence-corrected chi connectivity index (χ4v) is 4.78. The molecule has 2 aliphatic heterocycles. The molecule has 1 saturated heterocycles. The summed E-state index contributed by atoms with van der Waals surface area (Å²) in [6.07, 6.45) is 0. The maximum absolute atomic E-state index is 13.2. The quantitative estimate of drug-likeness (QED) is 0.559. The molecule has 0 aliphatic carbocycles. The Hall–Kier alpha value is -3.93. The SMILES string of the molecule is Cc1cccc(N2CCN(C(=O)c3cccc(CN4C(=O)c5ccccc5C4=O)c3)CC2)c1C. The molecule has 1 fully saturated rings. The summed E-state index contributed by atoms with van der Waals surface area (Å²) in [5.74, 6) is -0.607. The van der Waals surface area contributed by atoms with Crippen LogP contribution in [0.4, 0.5) is 5.69 Å². The number of aryl methyl sites for hydroxylation is 1. The van der Waals surface area contributed by atoms with Crippen molar-refractivity contribution in [2.45, 2.75) is 20.4 Å². The number of anilines is 1. The van der Waals surface area contributed by atoms with Gasteiger partial charge in [0.2, 0.25) is 0 Å². The minimum Gasteiger partial charge on any atom is -0.368 e. The number of piperazine rings is 1. The first-order chi connectivity index (χ1) is 16.4. The Morgan fingerprint density at radius 2 is 1.44 bits per heavy atom. The van der Waals surface area contributed by atoms with Crippen LogP contribution in [0, 0.1) is 13.8 Å². The zero-order valence-electron chi connectivity index (χ0n) is 19.5. The van der Waals surface area contributed by atoms with E-state index in [1.807, 2.05) is 17.0 Å². The number of fused-ring (bicyclic) bond motifs is 1. The van der Waals surface area contributed by atoms with Crippen molar-refractivity contribution < 1.29 is 14.4 Å². The second-order valence-corrected chi connectivity index (χ2v) is 8.94. The van der Waals surface area contributed by atoms with E-state index >= 15 is 0 Å². The lowest BCUT2D eigenvalue weighted by molar-refractivity contribution is 0.0642. The van der Waals surface area contributed by atoms with Gasteiger partial charge in [-0.05, 0) is 60.9 Å². The van der Waals surface area contributed by atoms with E-state index in [2.05, 4.69) is 36.9 Å². The summed E-state index contributed by atoms with van der Waals surface area (Å²) in [6, 6.07) is 20.5. The smallest absolute Gasteiger partial charge is 0.261 e. The van der Waals surface area contributed by atoms with E-state index in [4.69, 9.17) is 0 Å². The minimum absolute atomic E-state index is 0.0233. The van der Waals surface area contributed by atoms with Crippen molar-refractivity contribution in [2.24, 2.45) is 0 Å². The van der Waals surface area contributed by atoms with Crippen molar-refractivity contribution in [1.82, 2.24) is 9.80 Å². The predicted octanol–water partition coefficient (Wildman–Crippen LogP) is 4.06. The molecular formula is C28H27N3O3. The van der Waals surface area contributed by atoms with Crippen molar-refractivity contribution in [3.05, 3.63) is 100 Å². The number of nitrogens with zero attached hydrogens (tertiary/aromatic N) is 3. The molecule has 0 atom stereocenters. The third-order valence-electron chi connectivity index (χ3n) is 6.88. The highest BCUT2D eigenvalue weighted by atomic mass is 16.2. The topological polar surface area (TPSA) is 60.9 Å². The Morgan fingerprint density at radius 3 is 2.12 bits per heavy atom. The van der Waals surface area contributed by atoms with Gasteiger partial charge in [-0.25, -0.2) is 0 Å². The number of hydrogen-bond donors (Lipinski definition) is 0. The van der Waals surface area contributed by atoms with Gasteiger partial charge in [-0.15, -0.1) is 0 Å².